The summed E-state index contributed by atoms with van der Waals surface area (Å²) < 4.78 is 10.4. The van der Waals surface area contributed by atoms with E-state index in [0.29, 0.717) is 29.3 Å². The number of carbonyl (C=O) groups is 1. The molecule has 0 unspecified atom stereocenters. The average molecular weight is 494 g/mol. The van der Waals surface area contributed by atoms with E-state index in [-0.39, 0.29) is 42.4 Å². The van der Waals surface area contributed by atoms with Gasteiger partial charge in [0.05, 0.1) is 27.3 Å². The van der Waals surface area contributed by atoms with Crippen LogP contribution in [0, 0.1) is 12.3 Å². The van der Waals surface area contributed by atoms with Gasteiger partial charge in [-0.2, -0.15) is 0 Å². The van der Waals surface area contributed by atoms with Gasteiger partial charge in [0.15, 0.2) is 17.5 Å². The van der Waals surface area contributed by atoms with Crippen molar-refractivity contribution in [2.24, 2.45) is 10.7 Å². The van der Waals surface area contributed by atoms with Gasteiger partial charge in [0.1, 0.15) is 0 Å². The number of hydrogen-bond acceptors (Lipinski definition) is 4. The van der Waals surface area contributed by atoms with E-state index in [1.54, 1.807) is 44.6 Å². The molecule has 0 aliphatic heterocycles. The fraction of sp³-hybridized carbons (Fsp3) is 0.200. The zero-order valence-corrected chi connectivity index (χ0v) is 18.0. The molecule has 0 radical (unpaired) electrons. The number of aliphatic imine (C=N–C) groups is 1. The second kappa shape index (κ2) is 11.7. The number of hydrogen-bond donors (Lipinski definition) is 3. The van der Waals surface area contributed by atoms with E-state index in [9.17, 15) is 4.79 Å². The zero-order chi connectivity index (χ0) is 19.6. The van der Waals surface area contributed by atoms with Crippen molar-refractivity contribution >= 4 is 41.5 Å². The van der Waals surface area contributed by atoms with Crippen molar-refractivity contribution in [1.29, 1.82) is 0 Å². The second-order valence-corrected chi connectivity index (χ2v) is 5.52. The molecule has 0 saturated carbocycles. The summed E-state index contributed by atoms with van der Waals surface area (Å²) in [6.07, 6.45) is 5.34. The maximum Gasteiger partial charge on any atom is 0.243 e. The van der Waals surface area contributed by atoms with E-state index < -0.39 is 0 Å². The minimum Gasteiger partial charge on any atom is -0.493 e. The highest BCUT2D eigenvalue weighted by Crippen LogP contribution is 2.27. The molecular weight excluding hydrogens is 471 g/mol. The van der Waals surface area contributed by atoms with Gasteiger partial charge in [0.25, 0.3) is 0 Å². The molecule has 0 aromatic heterocycles. The van der Waals surface area contributed by atoms with Crippen LogP contribution < -0.4 is 25.8 Å². The van der Waals surface area contributed by atoms with Crippen LogP contribution in [-0.2, 0) is 11.3 Å². The summed E-state index contributed by atoms with van der Waals surface area (Å²) in [5, 5.41) is 5.51. The van der Waals surface area contributed by atoms with Gasteiger partial charge in [-0.05, 0) is 35.9 Å². The highest BCUT2D eigenvalue weighted by atomic mass is 127. The molecule has 0 spiro atoms. The van der Waals surface area contributed by atoms with Gasteiger partial charge in [-0.25, -0.2) is 4.99 Å². The summed E-state index contributed by atoms with van der Waals surface area (Å²) in [4.78, 5) is 16.2. The summed E-state index contributed by atoms with van der Waals surface area (Å²) in [6, 6.07) is 12.5. The molecule has 0 atom stereocenters. The highest BCUT2D eigenvalue weighted by Gasteiger charge is 2.05. The summed E-state index contributed by atoms with van der Waals surface area (Å²) in [7, 11) is 3.14. The lowest BCUT2D eigenvalue weighted by molar-refractivity contribution is -0.115. The Morgan fingerprint density at radius 1 is 1.18 bits per heavy atom. The lowest BCUT2D eigenvalue weighted by Crippen LogP contribution is -2.37. The van der Waals surface area contributed by atoms with Crippen molar-refractivity contribution in [2.75, 3.05) is 26.1 Å². The summed E-state index contributed by atoms with van der Waals surface area (Å²) >= 11 is 0. The fourth-order valence-corrected chi connectivity index (χ4v) is 2.27. The number of nitrogens with two attached hydrogens (primary N) is 1. The van der Waals surface area contributed by atoms with Crippen LogP contribution in [0.4, 0.5) is 5.69 Å². The second-order valence-electron chi connectivity index (χ2n) is 5.52. The number of guanidine groups is 1. The third kappa shape index (κ3) is 7.00. The largest absolute Gasteiger partial charge is 0.493 e. The molecular formula is C20H23IN4O3. The van der Waals surface area contributed by atoms with Gasteiger partial charge >= 0.3 is 0 Å². The lowest BCUT2D eigenvalue weighted by atomic mass is 10.2. The molecule has 0 aliphatic carbocycles. The molecule has 1 amide bonds. The Morgan fingerprint density at radius 3 is 2.61 bits per heavy atom. The molecule has 148 valence electrons. The predicted molar refractivity (Wildman–Crippen MR) is 121 cm³/mol. The van der Waals surface area contributed by atoms with Crippen molar-refractivity contribution < 1.29 is 14.3 Å². The maximum absolute atomic E-state index is 12.0. The number of nitrogens with one attached hydrogen (secondary N) is 2. The van der Waals surface area contributed by atoms with Gasteiger partial charge in [0.2, 0.25) is 5.91 Å². The molecule has 0 bridgehead atoms. The van der Waals surface area contributed by atoms with E-state index in [1.807, 2.05) is 12.1 Å². The first kappa shape index (κ1) is 23.1. The van der Waals surface area contributed by atoms with E-state index in [1.165, 1.54) is 0 Å². The fourth-order valence-electron chi connectivity index (χ4n) is 2.27. The van der Waals surface area contributed by atoms with Crippen LogP contribution in [0.15, 0.2) is 47.5 Å². The number of amides is 1. The Bertz CT molecular complexity index is 878. The molecule has 8 heteroatoms. The smallest absolute Gasteiger partial charge is 0.243 e. The number of terminal acetylenes is 1. The van der Waals surface area contributed by atoms with Crippen LogP contribution >= 0.6 is 24.0 Å². The Balaban J connectivity index is 0.00000392. The van der Waals surface area contributed by atoms with Gasteiger partial charge in [-0.3, -0.25) is 4.79 Å². The molecule has 2 rings (SSSR count). The van der Waals surface area contributed by atoms with Crippen molar-refractivity contribution in [3.8, 4) is 23.8 Å². The van der Waals surface area contributed by atoms with E-state index in [2.05, 4.69) is 21.5 Å². The molecule has 0 fully saturated rings. The molecule has 2 aromatic rings. The Hall–Kier alpha value is -2.93. The average Bonchev–Trinajstić information content (AvgIpc) is 2.70. The Labute approximate surface area is 181 Å². The van der Waals surface area contributed by atoms with E-state index in [4.69, 9.17) is 21.6 Å². The third-order valence-corrected chi connectivity index (χ3v) is 3.62. The van der Waals surface area contributed by atoms with Crippen LogP contribution in [-0.4, -0.2) is 32.6 Å². The first-order chi connectivity index (χ1) is 13.0. The van der Waals surface area contributed by atoms with Crippen molar-refractivity contribution in [1.82, 2.24) is 5.32 Å². The minimum atomic E-state index is -0.256. The summed E-state index contributed by atoms with van der Waals surface area (Å²) in [6.45, 7) is 0.326. The molecule has 28 heavy (non-hydrogen) atoms. The van der Waals surface area contributed by atoms with Crippen LogP contribution in [0.2, 0.25) is 0 Å². The number of methoxy groups -OCH3 is 2. The zero-order valence-electron chi connectivity index (χ0n) is 15.7. The van der Waals surface area contributed by atoms with Crippen molar-refractivity contribution in [3.05, 3.63) is 53.6 Å². The number of nitrogens with zero attached hydrogens (tertiary/aromatic N) is 1. The monoisotopic (exact) mass is 494 g/mol. The minimum absolute atomic E-state index is 0. The molecule has 0 aliphatic rings. The molecule has 4 N–H and O–H groups in total. The number of ether oxygens (including phenoxy) is 2. The summed E-state index contributed by atoms with van der Waals surface area (Å²) in [5.41, 5.74) is 8.02. The van der Waals surface area contributed by atoms with E-state index in [0.717, 1.165) is 5.56 Å². The van der Waals surface area contributed by atoms with Crippen LogP contribution in [0.25, 0.3) is 0 Å². The Morgan fingerprint density at radius 2 is 1.93 bits per heavy atom. The first-order valence-corrected chi connectivity index (χ1v) is 8.17. The third-order valence-electron chi connectivity index (χ3n) is 3.62. The van der Waals surface area contributed by atoms with Crippen molar-refractivity contribution in [2.45, 2.75) is 6.54 Å². The molecule has 2 aromatic carbocycles. The number of benzene rings is 2. The molecule has 0 saturated heterocycles. The van der Waals surface area contributed by atoms with Gasteiger partial charge in [0, 0.05) is 11.3 Å². The molecule has 0 heterocycles. The van der Waals surface area contributed by atoms with Crippen LogP contribution in [0.3, 0.4) is 0 Å². The summed E-state index contributed by atoms with van der Waals surface area (Å²) in [5.74, 6) is 3.68. The lowest BCUT2D eigenvalue weighted by Gasteiger charge is -2.09. The van der Waals surface area contributed by atoms with Gasteiger partial charge < -0.3 is 25.8 Å². The van der Waals surface area contributed by atoms with E-state index >= 15 is 0 Å². The number of anilines is 1. The highest BCUT2D eigenvalue weighted by molar-refractivity contribution is 14.0. The number of halogens is 1. The topological polar surface area (TPSA) is 98.0 Å². The Kier molecular flexibility index (Phi) is 9.67. The maximum atomic E-state index is 12.0. The van der Waals surface area contributed by atoms with Gasteiger partial charge in [-0.15, -0.1) is 30.4 Å². The number of rotatable bonds is 7. The predicted octanol–water partition coefficient (Wildman–Crippen LogP) is 2.35. The first-order valence-electron chi connectivity index (χ1n) is 8.17. The number of carbonyl (C=O) groups excluding carboxylic acids is 1. The van der Waals surface area contributed by atoms with Crippen LogP contribution in [0.5, 0.6) is 11.5 Å². The quantitative estimate of drug-likeness (QED) is 0.238. The van der Waals surface area contributed by atoms with Crippen LogP contribution in [0.1, 0.15) is 11.1 Å². The SMILES string of the molecule is C#Cc1cccc(NC(=O)CNC(N)=NCc2ccc(OC)c(OC)c2)c1.I. The normalized spacial score (nSPS) is 10.2. The van der Waals surface area contributed by atoms with Gasteiger partial charge in [-0.1, -0.05) is 18.1 Å². The standard InChI is InChI=1S/C20H22N4O3.HI/c1-4-14-6-5-7-16(10-14)24-19(25)13-23-20(21)22-12-15-8-9-17(26-2)18(11-15)27-3;/h1,5-11H,12-13H2,2-3H3,(H,24,25)(H3,21,22,23);1H. The van der Waals surface area contributed by atoms with Crippen molar-refractivity contribution in [3.63, 3.8) is 0 Å². The molecule has 7 nitrogen and oxygen atoms in total.